The first-order valence-corrected chi connectivity index (χ1v) is 5.16. The van der Waals surface area contributed by atoms with E-state index in [0.717, 1.165) is 0 Å². The van der Waals surface area contributed by atoms with Gasteiger partial charge >= 0.3 is 6.18 Å². The molecule has 0 atom stereocenters. The van der Waals surface area contributed by atoms with Gasteiger partial charge in [0, 0.05) is 5.38 Å². The van der Waals surface area contributed by atoms with Crippen LogP contribution in [0.3, 0.4) is 0 Å². The van der Waals surface area contributed by atoms with Crippen molar-refractivity contribution in [2.75, 3.05) is 0 Å². The summed E-state index contributed by atoms with van der Waals surface area (Å²) in [6, 6.07) is 0. The van der Waals surface area contributed by atoms with Gasteiger partial charge in [0.25, 0.3) is 5.91 Å². The number of nitrogens with one attached hydrogen (secondary N) is 1. The third-order valence-electron chi connectivity index (χ3n) is 2.31. The molecule has 1 aromatic rings. The van der Waals surface area contributed by atoms with Crippen molar-refractivity contribution in [2.24, 2.45) is 0 Å². The van der Waals surface area contributed by atoms with Crippen molar-refractivity contribution in [2.45, 2.75) is 24.6 Å². The quantitative estimate of drug-likeness (QED) is 0.853. The molecule has 0 spiro atoms. The maximum absolute atomic E-state index is 12.5. The van der Waals surface area contributed by atoms with Gasteiger partial charge < -0.3 is 5.32 Å². The number of nitrogens with zero attached hydrogens (tertiary/aromatic N) is 1. The van der Waals surface area contributed by atoms with Crippen LogP contribution in [0.25, 0.3) is 0 Å². The zero-order valence-corrected chi connectivity index (χ0v) is 8.28. The van der Waals surface area contributed by atoms with Crippen LogP contribution in [-0.4, -0.2) is 22.6 Å². The highest BCUT2D eigenvalue weighted by Crippen LogP contribution is 2.48. The number of hydrogen-bond donors (Lipinski definition) is 1. The van der Waals surface area contributed by atoms with Gasteiger partial charge in [0.15, 0.2) is 0 Å². The van der Waals surface area contributed by atoms with Crippen LogP contribution in [0.4, 0.5) is 13.2 Å². The van der Waals surface area contributed by atoms with E-state index < -0.39 is 17.6 Å². The summed E-state index contributed by atoms with van der Waals surface area (Å²) in [4.78, 5) is 15.0. The van der Waals surface area contributed by atoms with Crippen LogP contribution in [0, 0.1) is 0 Å². The average Bonchev–Trinajstić information content (AvgIpc) is 2.74. The Hall–Kier alpha value is -1.11. The fourth-order valence-corrected chi connectivity index (χ4v) is 1.74. The standard InChI is InChI=1S/C8H7F3N2OS/c9-8(10,11)7(1-2-7)13-6(14)5-3-15-4-12-5/h3-4H,1-2H2,(H,13,14). The molecule has 3 nitrogen and oxygen atoms in total. The van der Waals surface area contributed by atoms with Crippen molar-refractivity contribution in [3.8, 4) is 0 Å². The predicted molar refractivity (Wildman–Crippen MR) is 47.6 cm³/mol. The van der Waals surface area contributed by atoms with Gasteiger partial charge in [0.05, 0.1) is 5.51 Å². The molecule has 1 heterocycles. The third kappa shape index (κ3) is 1.83. The first-order chi connectivity index (χ1) is 6.95. The first kappa shape index (κ1) is 10.4. The summed E-state index contributed by atoms with van der Waals surface area (Å²) in [5.41, 5.74) is -0.564. The second kappa shape index (κ2) is 3.19. The summed E-state index contributed by atoms with van der Waals surface area (Å²) in [6.07, 6.45) is -4.47. The third-order valence-corrected chi connectivity index (χ3v) is 2.90. The summed E-state index contributed by atoms with van der Waals surface area (Å²) in [6.45, 7) is 0. The van der Waals surface area contributed by atoms with Crippen LogP contribution in [-0.2, 0) is 0 Å². The maximum atomic E-state index is 12.5. The molecule has 0 aliphatic heterocycles. The number of carbonyl (C=O) groups is 1. The van der Waals surface area contributed by atoms with Gasteiger partial charge in [-0.3, -0.25) is 4.79 Å². The summed E-state index contributed by atoms with van der Waals surface area (Å²) in [5.74, 6) is -0.758. The van der Waals surface area contributed by atoms with E-state index >= 15 is 0 Å². The number of rotatable bonds is 2. The second-order valence-electron chi connectivity index (χ2n) is 3.41. The van der Waals surface area contributed by atoms with E-state index in [1.807, 2.05) is 5.32 Å². The number of aromatic nitrogens is 1. The largest absolute Gasteiger partial charge is 0.411 e. The Balaban J connectivity index is 2.08. The van der Waals surface area contributed by atoms with Gasteiger partial charge in [-0.05, 0) is 12.8 Å². The summed E-state index contributed by atoms with van der Waals surface area (Å²) in [5, 5.41) is 3.41. The van der Waals surface area contributed by atoms with E-state index in [1.54, 1.807) is 0 Å². The molecule has 82 valence electrons. The zero-order valence-electron chi connectivity index (χ0n) is 7.47. The molecule has 1 aliphatic carbocycles. The molecule has 1 amide bonds. The Morgan fingerprint density at radius 3 is 2.60 bits per heavy atom. The number of amides is 1. The van der Waals surface area contributed by atoms with Gasteiger partial charge in [-0.1, -0.05) is 0 Å². The Kier molecular flexibility index (Phi) is 2.22. The van der Waals surface area contributed by atoms with Crippen molar-refractivity contribution in [3.05, 3.63) is 16.6 Å². The number of carbonyl (C=O) groups excluding carboxylic acids is 1. The number of halogens is 3. The maximum Gasteiger partial charge on any atom is 0.411 e. The minimum Gasteiger partial charge on any atom is -0.336 e. The zero-order chi connectivity index (χ0) is 11.1. The monoisotopic (exact) mass is 236 g/mol. The summed E-state index contributed by atoms with van der Waals surface area (Å²) >= 11 is 1.17. The molecule has 0 saturated heterocycles. The highest BCUT2D eigenvalue weighted by Gasteiger charge is 2.64. The van der Waals surface area contributed by atoms with E-state index in [-0.39, 0.29) is 18.5 Å². The van der Waals surface area contributed by atoms with Crippen LogP contribution >= 0.6 is 11.3 Å². The van der Waals surface area contributed by atoms with Gasteiger partial charge in [-0.2, -0.15) is 13.2 Å². The fraction of sp³-hybridized carbons (Fsp3) is 0.500. The van der Waals surface area contributed by atoms with E-state index in [0.29, 0.717) is 0 Å². The van der Waals surface area contributed by atoms with Gasteiger partial charge in [0.2, 0.25) is 0 Å². The van der Waals surface area contributed by atoms with Crippen molar-refractivity contribution < 1.29 is 18.0 Å². The topological polar surface area (TPSA) is 42.0 Å². The Morgan fingerprint density at radius 1 is 1.53 bits per heavy atom. The lowest BCUT2D eigenvalue weighted by atomic mass is 10.2. The molecule has 1 aromatic heterocycles. The van der Waals surface area contributed by atoms with Crippen molar-refractivity contribution >= 4 is 17.2 Å². The van der Waals surface area contributed by atoms with E-state index in [9.17, 15) is 18.0 Å². The molecule has 1 fully saturated rings. The molecule has 0 bridgehead atoms. The van der Waals surface area contributed by atoms with Crippen LogP contribution in [0.15, 0.2) is 10.9 Å². The molecule has 1 aliphatic rings. The highest BCUT2D eigenvalue weighted by atomic mass is 32.1. The first-order valence-electron chi connectivity index (χ1n) is 4.22. The average molecular weight is 236 g/mol. The minimum absolute atomic E-state index is 0.0375. The minimum atomic E-state index is -4.38. The predicted octanol–water partition coefficient (Wildman–Crippen LogP) is 1.97. The van der Waals surface area contributed by atoms with Crippen LogP contribution in [0.5, 0.6) is 0 Å². The van der Waals surface area contributed by atoms with Crippen LogP contribution < -0.4 is 5.32 Å². The molecule has 0 aromatic carbocycles. The summed E-state index contributed by atoms with van der Waals surface area (Å²) in [7, 11) is 0. The molecule has 0 radical (unpaired) electrons. The smallest absolute Gasteiger partial charge is 0.336 e. The number of alkyl halides is 3. The van der Waals surface area contributed by atoms with E-state index in [2.05, 4.69) is 4.98 Å². The lowest BCUT2D eigenvalue weighted by Gasteiger charge is -2.19. The summed E-state index contributed by atoms with van der Waals surface area (Å²) < 4.78 is 37.4. The van der Waals surface area contributed by atoms with Gasteiger partial charge in [-0.25, -0.2) is 4.98 Å². The molecule has 2 rings (SSSR count). The van der Waals surface area contributed by atoms with E-state index in [1.165, 1.54) is 22.2 Å². The normalized spacial score (nSPS) is 18.6. The SMILES string of the molecule is O=C(NC1(C(F)(F)F)CC1)c1cscn1. The van der Waals surface area contributed by atoms with Crippen LogP contribution in [0.1, 0.15) is 23.3 Å². The molecule has 15 heavy (non-hydrogen) atoms. The molecular weight excluding hydrogens is 229 g/mol. The highest BCUT2D eigenvalue weighted by molar-refractivity contribution is 7.07. The Bertz CT molecular complexity index is 370. The Labute approximate surface area is 87.3 Å². The second-order valence-corrected chi connectivity index (χ2v) is 4.13. The van der Waals surface area contributed by atoms with Gasteiger partial charge in [0.1, 0.15) is 11.2 Å². The number of hydrogen-bond acceptors (Lipinski definition) is 3. The Morgan fingerprint density at radius 2 is 2.20 bits per heavy atom. The molecule has 1 N–H and O–H groups in total. The molecular formula is C8H7F3N2OS. The fourth-order valence-electron chi connectivity index (χ4n) is 1.21. The van der Waals surface area contributed by atoms with Crippen molar-refractivity contribution in [3.63, 3.8) is 0 Å². The van der Waals surface area contributed by atoms with E-state index in [4.69, 9.17) is 0 Å². The number of thiazole rings is 1. The van der Waals surface area contributed by atoms with Crippen LogP contribution in [0.2, 0.25) is 0 Å². The van der Waals surface area contributed by atoms with Crippen molar-refractivity contribution in [1.29, 1.82) is 0 Å². The lowest BCUT2D eigenvalue weighted by molar-refractivity contribution is -0.163. The molecule has 1 saturated carbocycles. The molecule has 0 unspecified atom stereocenters. The van der Waals surface area contributed by atoms with Gasteiger partial charge in [-0.15, -0.1) is 11.3 Å². The molecule has 7 heteroatoms. The van der Waals surface area contributed by atoms with Crippen molar-refractivity contribution in [1.82, 2.24) is 10.3 Å². The lowest BCUT2D eigenvalue weighted by Crippen LogP contribution is -2.47.